The Morgan fingerprint density at radius 2 is 1.86 bits per heavy atom. The van der Waals surface area contributed by atoms with Crippen molar-refractivity contribution < 1.29 is 19.2 Å². The number of non-ortho nitro benzene ring substituents is 1. The van der Waals surface area contributed by atoms with Crippen LogP contribution in [0.25, 0.3) is 6.08 Å². The average molecular weight is 506 g/mol. The molecule has 0 saturated carbocycles. The van der Waals surface area contributed by atoms with Crippen molar-refractivity contribution >= 4 is 29.3 Å². The number of halogens is 1. The summed E-state index contributed by atoms with van der Waals surface area (Å²) in [6.45, 7) is 4.08. The summed E-state index contributed by atoms with van der Waals surface area (Å²) >= 11 is 6.47. The fourth-order valence-electron chi connectivity index (χ4n) is 3.36. The van der Waals surface area contributed by atoms with Gasteiger partial charge in [-0.1, -0.05) is 41.9 Å². The first kappa shape index (κ1) is 26.3. The van der Waals surface area contributed by atoms with E-state index >= 15 is 0 Å². The number of carbonyl (C=O) groups is 1. The fraction of sp³-hybridized carbons (Fsp3) is 0.185. The van der Waals surface area contributed by atoms with E-state index in [9.17, 15) is 20.2 Å². The van der Waals surface area contributed by atoms with Gasteiger partial charge >= 0.3 is 0 Å². The molecule has 0 spiro atoms. The summed E-state index contributed by atoms with van der Waals surface area (Å²) in [6, 6.07) is 20.3. The third-order valence-electron chi connectivity index (χ3n) is 5.19. The van der Waals surface area contributed by atoms with E-state index in [4.69, 9.17) is 21.1 Å². The molecule has 0 heterocycles. The van der Waals surface area contributed by atoms with Gasteiger partial charge in [-0.3, -0.25) is 14.9 Å². The maximum atomic E-state index is 12.7. The Labute approximate surface area is 213 Å². The number of rotatable bonds is 10. The van der Waals surface area contributed by atoms with E-state index in [0.717, 1.165) is 5.56 Å². The summed E-state index contributed by atoms with van der Waals surface area (Å²) in [6.07, 6.45) is 1.43. The van der Waals surface area contributed by atoms with Crippen LogP contribution < -0.4 is 14.8 Å². The lowest BCUT2D eigenvalue weighted by molar-refractivity contribution is -0.384. The first-order valence-corrected chi connectivity index (χ1v) is 11.5. The molecule has 0 aromatic heterocycles. The summed E-state index contributed by atoms with van der Waals surface area (Å²) in [7, 11) is 0. The second-order valence-electron chi connectivity index (χ2n) is 7.75. The number of hydrogen-bond donors (Lipinski definition) is 1. The zero-order valence-electron chi connectivity index (χ0n) is 19.7. The van der Waals surface area contributed by atoms with Crippen LogP contribution in [0, 0.1) is 21.4 Å². The van der Waals surface area contributed by atoms with Crippen LogP contribution in [0.5, 0.6) is 11.5 Å². The van der Waals surface area contributed by atoms with E-state index in [1.54, 1.807) is 31.2 Å². The van der Waals surface area contributed by atoms with Crippen LogP contribution in [-0.4, -0.2) is 17.4 Å². The highest BCUT2D eigenvalue weighted by Gasteiger charge is 2.17. The van der Waals surface area contributed by atoms with Crippen molar-refractivity contribution in [1.29, 1.82) is 5.26 Å². The van der Waals surface area contributed by atoms with Gasteiger partial charge in [0.25, 0.3) is 11.6 Å². The summed E-state index contributed by atoms with van der Waals surface area (Å²) in [5.74, 6) is 0.115. The van der Waals surface area contributed by atoms with Crippen molar-refractivity contribution in [2.45, 2.75) is 26.5 Å². The number of nitro benzene ring substituents is 1. The fourth-order valence-corrected chi connectivity index (χ4v) is 3.63. The van der Waals surface area contributed by atoms with Crippen LogP contribution in [0.3, 0.4) is 0 Å². The minimum atomic E-state index is -0.513. The molecule has 0 aliphatic carbocycles. The number of nitrogens with zero attached hydrogens (tertiary/aromatic N) is 2. The maximum absolute atomic E-state index is 12.7. The van der Waals surface area contributed by atoms with Crippen molar-refractivity contribution in [3.05, 3.63) is 104 Å². The number of carbonyl (C=O) groups excluding carboxylic acids is 1. The molecule has 1 amide bonds. The normalized spacial score (nSPS) is 11.8. The smallest absolute Gasteiger partial charge is 0.269 e. The molecule has 3 aromatic carbocycles. The average Bonchev–Trinajstić information content (AvgIpc) is 2.87. The van der Waals surface area contributed by atoms with Gasteiger partial charge in [0.15, 0.2) is 11.5 Å². The highest BCUT2D eigenvalue weighted by atomic mass is 35.5. The number of hydrogen-bond acceptors (Lipinski definition) is 6. The first-order chi connectivity index (χ1) is 17.3. The van der Waals surface area contributed by atoms with Gasteiger partial charge in [-0.25, -0.2) is 0 Å². The van der Waals surface area contributed by atoms with Gasteiger partial charge in [-0.05, 0) is 60.9 Å². The van der Waals surface area contributed by atoms with Crippen LogP contribution in [0.15, 0.2) is 72.3 Å². The van der Waals surface area contributed by atoms with Gasteiger partial charge in [-0.2, -0.15) is 5.26 Å². The Balaban J connectivity index is 1.80. The summed E-state index contributed by atoms with van der Waals surface area (Å²) < 4.78 is 11.5. The topological polar surface area (TPSA) is 114 Å². The molecule has 3 aromatic rings. The van der Waals surface area contributed by atoms with Gasteiger partial charge in [0, 0.05) is 12.1 Å². The van der Waals surface area contributed by atoms with E-state index in [1.165, 1.54) is 18.2 Å². The van der Waals surface area contributed by atoms with Crippen LogP contribution in [-0.2, 0) is 11.4 Å². The number of ether oxygens (including phenoxy) is 2. The Bertz CT molecular complexity index is 1300. The molecule has 0 fully saturated rings. The van der Waals surface area contributed by atoms with Crippen LogP contribution in [0.4, 0.5) is 5.69 Å². The lowest BCUT2D eigenvalue weighted by Gasteiger charge is -2.15. The van der Waals surface area contributed by atoms with E-state index in [0.29, 0.717) is 23.5 Å². The number of nitrogens with one attached hydrogen (secondary N) is 1. The molecular weight excluding hydrogens is 482 g/mol. The van der Waals surface area contributed by atoms with E-state index in [-0.39, 0.29) is 34.7 Å². The molecule has 0 unspecified atom stereocenters. The Morgan fingerprint density at radius 3 is 2.47 bits per heavy atom. The van der Waals surface area contributed by atoms with Crippen molar-refractivity contribution in [3.8, 4) is 17.6 Å². The van der Waals surface area contributed by atoms with E-state index in [2.05, 4.69) is 5.32 Å². The first-order valence-electron chi connectivity index (χ1n) is 11.1. The van der Waals surface area contributed by atoms with Crippen molar-refractivity contribution in [2.75, 3.05) is 6.61 Å². The third kappa shape index (κ3) is 6.84. The molecule has 1 N–H and O–H groups in total. The molecule has 0 aliphatic heterocycles. The highest BCUT2D eigenvalue weighted by Crippen LogP contribution is 2.38. The van der Waals surface area contributed by atoms with Gasteiger partial charge in [0.05, 0.1) is 22.6 Å². The summed E-state index contributed by atoms with van der Waals surface area (Å²) in [5.41, 5.74) is 2.01. The Morgan fingerprint density at radius 1 is 1.17 bits per heavy atom. The lowest BCUT2D eigenvalue weighted by atomic mass is 10.1. The number of nitro groups is 1. The quantitative estimate of drug-likeness (QED) is 0.156. The summed E-state index contributed by atoms with van der Waals surface area (Å²) in [5, 5.41) is 23.5. The lowest BCUT2D eigenvalue weighted by Crippen LogP contribution is -2.27. The zero-order chi connectivity index (χ0) is 26.1. The van der Waals surface area contributed by atoms with Gasteiger partial charge in [0.1, 0.15) is 18.2 Å². The van der Waals surface area contributed by atoms with Gasteiger partial charge in [-0.15, -0.1) is 0 Å². The number of amides is 1. The molecule has 0 aliphatic rings. The van der Waals surface area contributed by atoms with Crippen LogP contribution in [0.2, 0.25) is 5.02 Å². The summed E-state index contributed by atoms with van der Waals surface area (Å²) in [4.78, 5) is 23.1. The van der Waals surface area contributed by atoms with Crippen molar-refractivity contribution in [2.24, 2.45) is 0 Å². The molecule has 184 valence electrons. The van der Waals surface area contributed by atoms with E-state index < -0.39 is 10.8 Å². The zero-order valence-corrected chi connectivity index (χ0v) is 20.5. The number of nitriles is 1. The molecule has 0 bridgehead atoms. The molecule has 3 rings (SSSR count). The second kappa shape index (κ2) is 12.4. The van der Waals surface area contributed by atoms with Gasteiger partial charge in [0.2, 0.25) is 0 Å². The predicted molar refractivity (Wildman–Crippen MR) is 137 cm³/mol. The van der Waals surface area contributed by atoms with Crippen molar-refractivity contribution in [1.82, 2.24) is 5.32 Å². The molecular formula is C27H24ClN3O5. The van der Waals surface area contributed by atoms with Crippen molar-refractivity contribution in [3.63, 3.8) is 0 Å². The molecule has 0 radical (unpaired) electrons. The largest absolute Gasteiger partial charge is 0.490 e. The Kier molecular flexibility index (Phi) is 9.03. The SMILES string of the molecule is CCOc1cc(/C=C(/C#N)C(=O)N[C@@H](C)c2ccccc2)cc(Cl)c1OCc1ccc([N+](=O)[O-])cc1. The van der Waals surface area contributed by atoms with Gasteiger partial charge < -0.3 is 14.8 Å². The molecule has 8 nitrogen and oxygen atoms in total. The molecule has 0 saturated heterocycles. The highest BCUT2D eigenvalue weighted by molar-refractivity contribution is 6.32. The number of benzene rings is 3. The monoisotopic (exact) mass is 505 g/mol. The minimum absolute atomic E-state index is 0.0153. The molecule has 36 heavy (non-hydrogen) atoms. The standard InChI is InChI=1S/C27H24ClN3O5/c1-3-35-25-15-20(13-22(16-29)27(32)30-18(2)21-7-5-4-6-8-21)14-24(28)26(25)36-17-19-9-11-23(12-10-19)31(33)34/h4-15,18H,3,17H2,1-2H3,(H,30,32)/b22-13-/t18-/m0/s1. The van der Waals surface area contributed by atoms with E-state index in [1.807, 2.05) is 43.3 Å². The molecule has 1 atom stereocenters. The van der Waals surface area contributed by atoms with Crippen LogP contribution in [0.1, 0.15) is 36.6 Å². The Hall–Kier alpha value is -4.35. The minimum Gasteiger partial charge on any atom is -0.490 e. The predicted octanol–water partition coefficient (Wildman–Crippen LogP) is 6.01. The third-order valence-corrected chi connectivity index (χ3v) is 5.47. The second-order valence-corrected chi connectivity index (χ2v) is 8.16. The maximum Gasteiger partial charge on any atom is 0.269 e. The molecule has 9 heteroatoms. The van der Waals surface area contributed by atoms with Crippen LogP contribution >= 0.6 is 11.6 Å².